The molecule has 5 heteroatoms. The zero-order chi connectivity index (χ0) is 7.84. The van der Waals surface area contributed by atoms with Gasteiger partial charge in [-0.1, -0.05) is 0 Å². The van der Waals surface area contributed by atoms with Gasteiger partial charge in [0.05, 0.1) is 6.04 Å². The maximum absolute atomic E-state index is 5.82. The number of fused-ring (bicyclic) bond motifs is 1. The summed E-state index contributed by atoms with van der Waals surface area (Å²) in [6, 6.07) is 0.0718. The molecule has 0 saturated heterocycles. The molecule has 0 bridgehead atoms. The van der Waals surface area contributed by atoms with E-state index in [0.717, 1.165) is 29.9 Å². The van der Waals surface area contributed by atoms with E-state index in [9.17, 15) is 0 Å². The number of aromatic nitrogens is 3. The lowest BCUT2D eigenvalue weighted by molar-refractivity contribution is 0.447. The monoisotopic (exact) mass is 216 g/mol. The average Bonchev–Trinajstić information content (AvgIpc) is 2.35. The summed E-state index contributed by atoms with van der Waals surface area (Å²) < 4.78 is 2.82. The van der Waals surface area contributed by atoms with E-state index in [1.54, 1.807) is 0 Å². The quantitative estimate of drug-likeness (QED) is 0.700. The molecule has 0 spiro atoms. The van der Waals surface area contributed by atoms with Crippen molar-refractivity contribution in [2.45, 2.75) is 25.4 Å². The van der Waals surface area contributed by atoms with Crippen molar-refractivity contribution in [3.05, 3.63) is 10.6 Å². The predicted octanol–water partition coefficient (Wildman–Crippen LogP) is 0.834. The van der Waals surface area contributed by atoms with Crippen molar-refractivity contribution < 1.29 is 0 Å². The molecule has 1 aliphatic heterocycles. The molecule has 1 aliphatic rings. The number of hydrogen-bond acceptors (Lipinski definition) is 3. The molecule has 0 aromatic carbocycles. The van der Waals surface area contributed by atoms with Gasteiger partial charge < -0.3 is 10.3 Å². The van der Waals surface area contributed by atoms with Crippen LogP contribution < -0.4 is 5.73 Å². The summed E-state index contributed by atoms with van der Waals surface area (Å²) in [4.78, 5) is 0. The number of rotatable bonds is 0. The lowest BCUT2D eigenvalue weighted by atomic mass is 10.1. The van der Waals surface area contributed by atoms with Gasteiger partial charge in [-0.3, -0.25) is 0 Å². The van der Waals surface area contributed by atoms with Gasteiger partial charge in [-0.25, -0.2) is 0 Å². The molecule has 0 radical (unpaired) electrons. The number of hydrogen-bond donors (Lipinski definition) is 1. The third-order valence-corrected chi connectivity index (χ3v) is 2.55. The summed E-state index contributed by atoms with van der Waals surface area (Å²) in [6.45, 7) is 0.983. The molecule has 60 valence electrons. The van der Waals surface area contributed by atoms with E-state index in [1.165, 1.54) is 0 Å². The zero-order valence-corrected chi connectivity index (χ0v) is 7.58. The minimum atomic E-state index is 0.0718. The molecule has 2 rings (SSSR count). The van der Waals surface area contributed by atoms with Gasteiger partial charge >= 0.3 is 0 Å². The summed E-state index contributed by atoms with van der Waals surface area (Å²) in [5.74, 6) is 0.906. The van der Waals surface area contributed by atoms with Crippen LogP contribution in [-0.2, 0) is 6.54 Å². The standard InChI is InChI=1S/C6H9BrN4/c7-6-10-9-5-4(8)2-1-3-11(5)6/h4H,1-3,8H2. The van der Waals surface area contributed by atoms with Crippen LogP contribution in [-0.4, -0.2) is 14.8 Å². The first-order valence-corrected chi connectivity index (χ1v) is 4.42. The Morgan fingerprint density at radius 3 is 3.09 bits per heavy atom. The van der Waals surface area contributed by atoms with Crippen LogP contribution in [0.4, 0.5) is 0 Å². The van der Waals surface area contributed by atoms with Crippen molar-refractivity contribution >= 4 is 15.9 Å². The van der Waals surface area contributed by atoms with E-state index in [2.05, 4.69) is 26.1 Å². The third kappa shape index (κ3) is 1.08. The summed E-state index contributed by atoms with van der Waals surface area (Å²) in [7, 11) is 0. The second-order valence-electron chi connectivity index (χ2n) is 2.73. The lowest BCUT2D eigenvalue weighted by Crippen LogP contribution is -2.22. The molecule has 0 saturated carbocycles. The molecule has 4 nitrogen and oxygen atoms in total. The summed E-state index contributed by atoms with van der Waals surface area (Å²) in [5, 5.41) is 7.88. The molecular formula is C6H9BrN4. The zero-order valence-electron chi connectivity index (χ0n) is 6.00. The molecule has 0 amide bonds. The fraction of sp³-hybridized carbons (Fsp3) is 0.667. The SMILES string of the molecule is NC1CCCn2c(Br)nnc21. The van der Waals surface area contributed by atoms with Crippen molar-refractivity contribution in [1.29, 1.82) is 0 Å². The molecule has 0 aliphatic carbocycles. The summed E-state index contributed by atoms with van der Waals surface area (Å²) in [5.41, 5.74) is 5.82. The van der Waals surface area contributed by atoms with Crippen LogP contribution in [0.3, 0.4) is 0 Å². The first kappa shape index (κ1) is 7.24. The maximum atomic E-state index is 5.82. The Morgan fingerprint density at radius 2 is 2.36 bits per heavy atom. The van der Waals surface area contributed by atoms with E-state index in [4.69, 9.17) is 5.73 Å². The molecule has 11 heavy (non-hydrogen) atoms. The number of halogens is 1. The van der Waals surface area contributed by atoms with E-state index < -0.39 is 0 Å². The highest BCUT2D eigenvalue weighted by molar-refractivity contribution is 9.10. The maximum Gasteiger partial charge on any atom is 0.200 e. The Kier molecular flexibility index (Phi) is 1.69. The Balaban J connectivity index is 2.46. The van der Waals surface area contributed by atoms with Crippen molar-refractivity contribution in [1.82, 2.24) is 14.8 Å². The van der Waals surface area contributed by atoms with E-state index in [0.29, 0.717) is 0 Å². The highest BCUT2D eigenvalue weighted by atomic mass is 79.9. The second kappa shape index (κ2) is 2.57. The third-order valence-electron chi connectivity index (χ3n) is 1.96. The van der Waals surface area contributed by atoms with Crippen molar-refractivity contribution in [3.63, 3.8) is 0 Å². The Bertz CT molecular complexity index is 270. The van der Waals surface area contributed by atoms with Crippen molar-refractivity contribution in [2.24, 2.45) is 5.73 Å². The van der Waals surface area contributed by atoms with Crippen LogP contribution in [0.25, 0.3) is 0 Å². The van der Waals surface area contributed by atoms with Gasteiger partial charge in [-0.15, -0.1) is 10.2 Å². The fourth-order valence-corrected chi connectivity index (χ4v) is 1.81. The highest BCUT2D eigenvalue weighted by Crippen LogP contribution is 2.23. The van der Waals surface area contributed by atoms with Gasteiger partial charge in [0.2, 0.25) is 0 Å². The average molecular weight is 217 g/mol. The Hall–Kier alpha value is -0.420. The van der Waals surface area contributed by atoms with Gasteiger partial charge in [0.1, 0.15) is 0 Å². The Labute approximate surface area is 72.9 Å². The van der Waals surface area contributed by atoms with Gasteiger partial charge in [-0.05, 0) is 28.8 Å². The van der Waals surface area contributed by atoms with E-state index in [1.807, 2.05) is 4.57 Å². The summed E-state index contributed by atoms with van der Waals surface area (Å²) >= 11 is 3.31. The van der Waals surface area contributed by atoms with E-state index >= 15 is 0 Å². The topological polar surface area (TPSA) is 56.7 Å². The fourth-order valence-electron chi connectivity index (χ4n) is 1.37. The molecule has 2 N–H and O–H groups in total. The smallest absolute Gasteiger partial charge is 0.200 e. The molecule has 1 aromatic heterocycles. The molecule has 2 heterocycles. The first-order valence-electron chi connectivity index (χ1n) is 3.63. The van der Waals surface area contributed by atoms with Crippen LogP contribution in [0.1, 0.15) is 24.7 Å². The van der Waals surface area contributed by atoms with Crippen LogP contribution in [0, 0.1) is 0 Å². The highest BCUT2D eigenvalue weighted by Gasteiger charge is 2.20. The second-order valence-corrected chi connectivity index (χ2v) is 3.44. The summed E-state index contributed by atoms with van der Waals surface area (Å²) in [6.07, 6.45) is 2.13. The minimum absolute atomic E-state index is 0.0718. The van der Waals surface area contributed by atoms with Crippen molar-refractivity contribution in [2.75, 3.05) is 0 Å². The largest absolute Gasteiger partial charge is 0.321 e. The Morgan fingerprint density at radius 1 is 1.55 bits per heavy atom. The normalized spacial score (nSPS) is 23.3. The van der Waals surface area contributed by atoms with Gasteiger partial charge in [0.25, 0.3) is 0 Å². The molecule has 1 unspecified atom stereocenters. The first-order chi connectivity index (χ1) is 5.29. The predicted molar refractivity (Wildman–Crippen MR) is 43.9 cm³/mol. The lowest BCUT2D eigenvalue weighted by Gasteiger charge is -2.18. The van der Waals surface area contributed by atoms with Crippen LogP contribution in [0.5, 0.6) is 0 Å². The van der Waals surface area contributed by atoms with Gasteiger partial charge in [-0.2, -0.15) is 0 Å². The van der Waals surface area contributed by atoms with Gasteiger partial charge in [0, 0.05) is 6.54 Å². The van der Waals surface area contributed by atoms with E-state index in [-0.39, 0.29) is 6.04 Å². The molecular weight excluding hydrogens is 208 g/mol. The molecule has 1 aromatic rings. The molecule has 0 fully saturated rings. The minimum Gasteiger partial charge on any atom is -0.321 e. The van der Waals surface area contributed by atoms with Crippen molar-refractivity contribution in [3.8, 4) is 0 Å². The van der Waals surface area contributed by atoms with Crippen LogP contribution in [0.2, 0.25) is 0 Å². The van der Waals surface area contributed by atoms with Gasteiger partial charge in [0.15, 0.2) is 10.6 Å². The molecule has 1 atom stereocenters. The van der Waals surface area contributed by atoms with Crippen LogP contribution >= 0.6 is 15.9 Å². The number of nitrogens with zero attached hydrogens (tertiary/aromatic N) is 3. The number of nitrogens with two attached hydrogens (primary N) is 1. The van der Waals surface area contributed by atoms with Crippen LogP contribution in [0.15, 0.2) is 4.73 Å².